The lowest BCUT2D eigenvalue weighted by atomic mass is 9.92. The molecule has 0 aliphatic heterocycles. The van der Waals surface area contributed by atoms with Crippen LogP contribution in [-0.2, 0) is 0 Å². The second-order valence-electron chi connectivity index (χ2n) is 12.6. The summed E-state index contributed by atoms with van der Waals surface area (Å²) in [7, 11) is 0. The van der Waals surface area contributed by atoms with Crippen LogP contribution in [0.5, 0.6) is 0 Å². The normalized spacial score (nSPS) is 11.5. The van der Waals surface area contributed by atoms with Crippen molar-refractivity contribution in [2.45, 2.75) is 0 Å². The van der Waals surface area contributed by atoms with Crippen molar-refractivity contribution < 1.29 is 4.42 Å². The zero-order valence-corrected chi connectivity index (χ0v) is 28.6. The van der Waals surface area contributed by atoms with Crippen molar-refractivity contribution in [2.75, 3.05) is 0 Å². The molecule has 0 saturated heterocycles. The number of fused-ring (bicyclic) bond motifs is 4. The number of nitrogens with zero attached hydrogens (tertiary/aromatic N) is 4. The number of thiophene rings is 1. The van der Waals surface area contributed by atoms with Crippen molar-refractivity contribution in [3.63, 3.8) is 0 Å². The number of benzene rings is 7. The van der Waals surface area contributed by atoms with Gasteiger partial charge in [-0.05, 0) is 64.7 Å². The van der Waals surface area contributed by atoms with Crippen LogP contribution in [0.4, 0.5) is 0 Å². The Labute approximate surface area is 303 Å². The first kappa shape index (κ1) is 30.1. The van der Waals surface area contributed by atoms with Crippen LogP contribution in [0.2, 0.25) is 0 Å². The Morgan fingerprint density at radius 1 is 0.385 bits per heavy atom. The van der Waals surface area contributed by atoms with Gasteiger partial charge < -0.3 is 4.42 Å². The van der Waals surface area contributed by atoms with Gasteiger partial charge in [0.1, 0.15) is 5.52 Å². The number of aromatic nitrogens is 4. The van der Waals surface area contributed by atoms with Crippen molar-refractivity contribution in [3.05, 3.63) is 170 Å². The van der Waals surface area contributed by atoms with Crippen LogP contribution in [0.3, 0.4) is 0 Å². The molecule has 5 nitrogen and oxygen atoms in total. The SMILES string of the molecule is c1ccc(-c2nc(-c3ccc(-c4ccc5oc(-c6ccccc6)nc5c4)c(-c4ccccc4)c3)nc(-c3cccc4sc5ccccc5c34)n2)cc1. The van der Waals surface area contributed by atoms with Gasteiger partial charge in [-0.15, -0.1) is 11.3 Å². The minimum Gasteiger partial charge on any atom is -0.436 e. The third-order valence-corrected chi connectivity index (χ3v) is 10.5. The first-order chi connectivity index (χ1) is 25.7. The van der Waals surface area contributed by atoms with E-state index in [1.165, 1.54) is 20.2 Å². The van der Waals surface area contributed by atoms with Crippen LogP contribution < -0.4 is 0 Å². The topological polar surface area (TPSA) is 64.7 Å². The van der Waals surface area contributed by atoms with Crippen LogP contribution in [-0.4, -0.2) is 19.9 Å². The van der Waals surface area contributed by atoms with E-state index in [2.05, 4.69) is 97.1 Å². The van der Waals surface area contributed by atoms with Crippen molar-refractivity contribution in [1.82, 2.24) is 19.9 Å². The van der Waals surface area contributed by atoms with E-state index in [4.69, 9.17) is 24.4 Å². The van der Waals surface area contributed by atoms with Gasteiger partial charge in [0, 0.05) is 42.4 Å². The predicted octanol–water partition coefficient (Wildman–Crippen LogP) is 12.4. The van der Waals surface area contributed by atoms with Crippen LogP contribution in [0.15, 0.2) is 174 Å². The molecule has 52 heavy (non-hydrogen) atoms. The molecule has 7 aromatic carbocycles. The first-order valence-corrected chi connectivity index (χ1v) is 18.0. The third kappa shape index (κ3) is 5.34. The van der Waals surface area contributed by atoms with Crippen LogP contribution >= 0.6 is 11.3 Å². The second-order valence-corrected chi connectivity index (χ2v) is 13.7. The molecule has 10 rings (SSSR count). The summed E-state index contributed by atoms with van der Waals surface area (Å²) in [6.07, 6.45) is 0. The van der Waals surface area contributed by atoms with Crippen molar-refractivity contribution in [2.24, 2.45) is 0 Å². The van der Waals surface area contributed by atoms with E-state index in [0.29, 0.717) is 23.4 Å². The van der Waals surface area contributed by atoms with Gasteiger partial charge in [-0.25, -0.2) is 19.9 Å². The van der Waals surface area contributed by atoms with Gasteiger partial charge in [0.05, 0.1) is 0 Å². The van der Waals surface area contributed by atoms with E-state index in [1.54, 1.807) is 11.3 Å². The van der Waals surface area contributed by atoms with Crippen LogP contribution in [0.1, 0.15) is 0 Å². The van der Waals surface area contributed by atoms with Gasteiger partial charge in [0.2, 0.25) is 5.89 Å². The Balaban J connectivity index is 1.15. The lowest BCUT2D eigenvalue weighted by Gasteiger charge is -2.14. The van der Waals surface area contributed by atoms with E-state index >= 15 is 0 Å². The maximum atomic E-state index is 6.14. The van der Waals surface area contributed by atoms with Crippen LogP contribution in [0.25, 0.3) is 99.1 Å². The Hall–Kier alpha value is -6.76. The van der Waals surface area contributed by atoms with E-state index in [-0.39, 0.29) is 0 Å². The molecule has 6 heteroatoms. The molecule has 0 aliphatic rings. The first-order valence-electron chi connectivity index (χ1n) is 17.1. The van der Waals surface area contributed by atoms with Gasteiger partial charge in [0.25, 0.3) is 0 Å². The third-order valence-electron chi connectivity index (χ3n) is 9.39. The average molecular weight is 685 g/mol. The highest BCUT2D eigenvalue weighted by Crippen LogP contribution is 2.41. The van der Waals surface area contributed by atoms with Gasteiger partial charge in [-0.1, -0.05) is 127 Å². The Morgan fingerprint density at radius 2 is 1.02 bits per heavy atom. The number of hydrogen-bond donors (Lipinski definition) is 0. The molecule has 0 atom stereocenters. The highest BCUT2D eigenvalue weighted by molar-refractivity contribution is 7.25. The maximum absolute atomic E-state index is 6.14. The molecule has 0 radical (unpaired) electrons. The highest BCUT2D eigenvalue weighted by atomic mass is 32.1. The minimum atomic E-state index is 0.609. The smallest absolute Gasteiger partial charge is 0.227 e. The molecule has 0 spiro atoms. The maximum Gasteiger partial charge on any atom is 0.227 e. The fraction of sp³-hybridized carbons (Fsp3) is 0. The van der Waals surface area contributed by atoms with Crippen molar-refractivity contribution in [3.8, 4) is 67.9 Å². The molecular weight excluding hydrogens is 657 g/mol. The van der Waals surface area contributed by atoms with Crippen LogP contribution in [0, 0.1) is 0 Å². The summed E-state index contributed by atoms with van der Waals surface area (Å²) in [6, 6.07) is 58.2. The second kappa shape index (κ2) is 12.5. The largest absolute Gasteiger partial charge is 0.436 e. The predicted molar refractivity (Wildman–Crippen MR) is 213 cm³/mol. The summed E-state index contributed by atoms with van der Waals surface area (Å²) >= 11 is 1.79. The molecular formula is C46H28N4OS. The summed E-state index contributed by atoms with van der Waals surface area (Å²) in [4.78, 5) is 20.3. The molecule has 0 amide bonds. The van der Waals surface area contributed by atoms with Gasteiger partial charge in [0.15, 0.2) is 23.1 Å². The van der Waals surface area contributed by atoms with E-state index in [1.807, 2.05) is 72.8 Å². The van der Waals surface area contributed by atoms with Crippen molar-refractivity contribution >= 4 is 42.6 Å². The zero-order chi connectivity index (χ0) is 34.4. The highest BCUT2D eigenvalue weighted by Gasteiger charge is 2.19. The van der Waals surface area contributed by atoms with E-state index in [9.17, 15) is 0 Å². The molecule has 3 heterocycles. The summed E-state index contributed by atoms with van der Waals surface area (Å²) in [5.74, 6) is 2.50. The number of rotatable bonds is 6. The summed E-state index contributed by atoms with van der Waals surface area (Å²) < 4.78 is 8.59. The van der Waals surface area contributed by atoms with Crippen molar-refractivity contribution in [1.29, 1.82) is 0 Å². The molecule has 10 aromatic rings. The van der Waals surface area contributed by atoms with Gasteiger partial charge >= 0.3 is 0 Å². The molecule has 0 aliphatic carbocycles. The quantitative estimate of drug-likeness (QED) is 0.174. The Kier molecular flexibility index (Phi) is 7.25. The molecule has 0 N–H and O–H groups in total. The summed E-state index contributed by atoms with van der Waals surface area (Å²) in [6.45, 7) is 0. The summed E-state index contributed by atoms with van der Waals surface area (Å²) in [5.41, 5.74) is 9.62. The fourth-order valence-electron chi connectivity index (χ4n) is 6.89. The molecule has 0 unspecified atom stereocenters. The minimum absolute atomic E-state index is 0.609. The molecule has 0 saturated carbocycles. The number of oxazole rings is 1. The zero-order valence-electron chi connectivity index (χ0n) is 27.8. The van der Waals surface area contributed by atoms with Gasteiger partial charge in [-0.2, -0.15) is 0 Å². The Morgan fingerprint density at radius 3 is 1.81 bits per heavy atom. The number of hydrogen-bond acceptors (Lipinski definition) is 6. The molecule has 0 bridgehead atoms. The lowest BCUT2D eigenvalue weighted by Crippen LogP contribution is -2.01. The van der Waals surface area contributed by atoms with E-state index in [0.717, 1.165) is 55.6 Å². The average Bonchev–Trinajstić information content (AvgIpc) is 3.83. The monoisotopic (exact) mass is 684 g/mol. The Bertz CT molecular complexity index is 2900. The van der Waals surface area contributed by atoms with Gasteiger partial charge in [-0.3, -0.25) is 0 Å². The molecule has 244 valence electrons. The molecule has 0 fully saturated rings. The van der Waals surface area contributed by atoms with E-state index < -0.39 is 0 Å². The molecule has 3 aromatic heterocycles. The lowest BCUT2D eigenvalue weighted by molar-refractivity contribution is 0.620. The summed E-state index contributed by atoms with van der Waals surface area (Å²) in [5, 5.41) is 2.37. The standard InChI is InChI=1S/C46H28N4OS/c1-4-13-29(14-5-1)37-27-33(23-25-34(37)32-24-26-39-38(28-32)47-46(51-39)31-17-8-3-9-18-31)44-48-43(30-15-6-2-7-16-30)49-45(50-44)36-20-12-22-41-42(36)35-19-10-11-21-40(35)52-41/h1-28H. The fourth-order valence-corrected chi connectivity index (χ4v) is 8.03.